The second-order valence-electron chi connectivity index (χ2n) is 3.82. The third kappa shape index (κ3) is 2.76. The molecule has 0 atom stereocenters. The van der Waals surface area contributed by atoms with Crippen LogP contribution in [-0.2, 0) is 0 Å². The molecule has 0 fully saturated rings. The van der Waals surface area contributed by atoms with Gasteiger partial charge in [-0.15, -0.1) is 0 Å². The van der Waals surface area contributed by atoms with Crippen molar-refractivity contribution in [2.24, 2.45) is 0 Å². The molecular formula is C14H10BrFO2. The molecule has 2 nitrogen and oxygen atoms in total. The average Bonchev–Trinajstić information content (AvgIpc) is 2.34. The van der Waals surface area contributed by atoms with E-state index < -0.39 is 5.82 Å². The first-order chi connectivity index (χ1) is 8.60. The van der Waals surface area contributed by atoms with Gasteiger partial charge in [-0.05, 0) is 48.9 Å². The predicted molar refractivity (Wildman–Crippen MR) is 70.7 cm³/mol. The van der Waals surface area contributed by atoms with E-state index in [1.165, 1.54) is 6.07 Å². The molecule has 2 rings (SSSR count). The third-order valence-corrected chi connectivity index (χ3v) is 2.94. The van der Waals surface area contributed by atoms with Crippen LogP contribution in [0.5, 0.6) is 11.5 Å². The van der Waals surface area contributed by atoms with Crippen molar-refractivity contribution in [1.82, 2.24) is 0 Å². The number of hydrogen-bond donors (Lipinski definition) is 0. The van der Waals surface area contributed by atoms with E-state index in [0.29, 0.717) is 15.8 Å². The molecule has 0 bridgehead atoms. The van der Waals surface area contributed by atoms with Crippen LogP contribution in [0.25, 0.3) is 0 Å². The molecule has 2 aromatic carbocycles. The van der Waals surface area contributed by atoms with E-state index in [0.717, 1.165) is 11.8 Å². The van der Waals surface area contributed by atoms with E-state index in [1.807, 2.05) is 0 Å². The molecular weight excluding hydrogens is 299 g/mol. The van der Waals surface area contributed by atoms with Crippen molar-refractivity contribution in [2.75, 3.05) is 0 Å². The van der Waals surface area contributed by atoms with Gasteiger partial charge >= 0.3 is 0 Å². The molecule has 2 aromatic rings. The number of carbonyl (C=O) groups excluding carboxylic acids is 1. The first kappa shape index (κ1) is 12.8. The van der Waals surface area contributed by atoms with Crippen molar-refractivity contribution in [1.29, 1.82) is 0 Å². The fourth-order valence-electron chi connectivity index (χ4n) is 1.54. The number of halogens is 2. The molecule has 0 saturated carbocycles. The van der Waals surface area contributed by atoms with Gasteiger partial charge in [-0.2, -0.15) is 0 Å². The van der Waals surface area contributed by atoms with Gasteiger partial charge in [-0.3, -0.25) is 4.79 Å². The van der Waals surface area contributed by atoms with Gasteiger partial charge in [-0.1, -0.05) is 15.9 Å². The van der Waals surface area contributed by atoms with E-state index in [-0.39, 0.29) is 5.75 Å². The molecule has 0 saturated heterocycles. The van der Waals surface area contributed by atoms with Crippen LogP contribution in [0.15, 0.2) is 40.9 Å². The van der Waals surface area contributed by atoms with Crippen molar-refractivity contribution in [3.8, 4) is 11.5 Å². The predicted octanol–water partition coefficient (Wildman–Crippen LogP) is 4.50. The maximum Gasteiger partial charge on any atom is 0.166 e. The zero-order chi connectivity index (χ0) is 13.1. The second kappa shape index (κ2) is 5.31. The van der Waals surface area contributed by atoms with Gasteiger partial charge in [0.2, 0.25) is 0 Å². The number of hydrogen-bond acceptors (Lipinski definition) is 2. The van der Waals surface area contributed by atoms with Crippen LogP contribution in [0.4, 0.5) is 4.39 Å². The molecule has 4 heteroatoms. The quantitative estimate of drug-likeness (QED) is 0.780. The summed E-state index contributed by atoms with van der Waals surface area (Å²) in [4.78, 5) is 10.6. The van der Waals surface area contributed by atoms with Crippen LogP contribution in [0.1, 0.15) is 15.9 Å². The summed E-state index contributed by atoms with van der Waals surface area (Å²) in [7, 11) is 0. The van der Waals surface area contributed by atoms with Gasteiger partial charge in [0.25, 0.3) is 0 Å². The Hall–Kier alpha value is -1.68. The van der Waals surface area contributed by atoms with Crippen molar-refractivity contribution in [3.05, 3.63) is 57.8 Å². The number of carbonyl (C=O) groups is 1. The lowest BCUT2D eigenvalue weighted by Crippen LogP contribution is -1.92. The number of ether oxygens (including phenoxy) is 1. The Bertz CT molecular complexity index is 596. The van der Waals surface area contributed by atoms with Crippen LogP contribution in [0, 0.1) is 12.7 Å². The van der Waals surface area contributed by atoms with E-state index >= 15 is 0 Å². The molecule has 0 aliphatic heterocycles. The van der Waals surface area contributed by atoms with Crippen LogP contribution in [0.3, 0.4) is 0 Å². The lowest BCUT2D eigenvalue weighted by Gasteiger charge is -2.09. The molecule has 0 spiro atoms. The van der Waals surface area contributed by atoms with Crippen LogP contribution in [0.2, 0.25) is 0 Å². The molecule has 0 N–H and O–H groups in total. The highest BCUT2D eigenvalue weighted by molar-refractivity contribution is 9.10. The number of benzene rings is 2. The van der Waals surface area contributed by atoms with E-state index in [9.17, 15) is 9.18 Å². The lowest BCUT2D eigenvalue weighted by atomic mass is 10.1. The average molecular weight is 309 g/mol. The van der Waals surface area contributed by atoms with Crippen LogP contribution < -0.4 is 4.74 Å². The smallest absolute Gasteiger partial charge is 0.166 e. The minimum Gasteiger partial charge on any atom is -0.454 e. The molecule has 0 unspecified atom stereocenters. The summed E-state index contributed by atoms with van der Waals surface area (Å²) >= 11 is 3.18. The van der Waals surface area contributed by atoms with E-state index in [2.05, 4.69) is 15.9 Å². The normalized spacial score (nSPS) is 10.2. The van der Waals surface area contributed by atoms with Gasteiger partial charge in [0, 0.05) is 10.0 Å². The largest absolute Gasteiger partial charge is 0.454 e. The number of aryl methyl sites for hydroxylation is 1. The fraction of sp³-hybridized carbons (Fsp3) is 0.0714. The highest BCUT2D eigenvalue weighted by atomic mass is 79.9. The lowest BCUT2D eigenvalue weighted by molar-refractivity contribution is 0.112. The minimum atomic E-state index is -0.441. The maximum atomic E-state index is 13.6. The van der Waals surface area contributed by atoms with E-state index in [1.54, 1.807) is 37.3 Å². The SMILES string of the molecule is Cc1cc(C=O)ccc1Oc1ccc(Br)cc1F. The van der Waals surface area contributed by atoms with E-state index in [4.69, 9.17) is 4.74 Å². The first-order valence-corrected chi connectivity index (χ1v) is 6.08. The summed E-state index contributed by atoms with van der Waals surface area (Å²) in [6.45, 7) is 1.80. The van der Waals surface area contributed by atoms with Gasteiger partial charge in [0.15, 0.2) is 11.6 Å². The molecule has 0 aliphatic rings. The molecule has 0 aliphatic carbocycles. The van der Waals surface area contributed by atoms with Crippen molar-refractivity contribution in [2.45, 2.75) is 6.92 Å². The summed E-state index contributed by atoms with van der Waals surface area (Å²) in [5.41, 5.74) is 1.35. The topological polar surface area (TPSA) is 26.3 Å². The summed E-state index contributed by atoms with van der Waals surface area (Å²) in [5, 5.41) is 0. The number of aldehydes is 1. The van der Waals surface area contributed by atoms with Crippen molar-refractivity contribution >= 4 is 22.2 Å². The molecule has 0 radical (unpaired) electrons. The Balaban J connectivity index is 2.31. The second-order valence-corrected chi connectivity index (χ2v) is 4.74. The van der Waals surface area contributed by atoms with Gasteiger partial charge < -0.3 is 4.74 Å². The van der Waals surface area contributed by atoms with Crippen LogP contribution >= 0.6 is 15.9 Å². The fourth-order valence-corrected chi connectivity index (χ4v) is 1.87. The Morgan fingerprint density at radius 2 is 1.89 bits per heavy atom. The highest BCUT2D eigenvalue weighted by Gasteiger charge is 2.07. The molecule has 0 aromatic heterocycles. The zero-order valence-electron chi connectivity index (χ0n) is 9.61. The zero-order valence-corrected chi connectivity index (χ0v) is 11.2. The Kier molecular flexibility index (Phi) is 3.77. The van der Waals surface area contributed by atoms with Crippen LogP contribution in [-0.4, -0.2) is 6.29 Å². The third-order valence-electron chi connectivity index (χ3n) is 2.45. The molecule has 0 amide bonds. The molecule has 0 heterocycles. The van der Waals surface area contributed by atoms with Gasteiger partial charge in [0.05, 0.1) is 0 Å². The highest BCUT2D eigenvalue weighted by Crippen LogP contribution is 2.29. The summed E-state index contributed by atoms with van der Waals surface area (Å²) < 4.78 is 19.7. The summed E-state index contributed by atoms with van der Waals surface area (Å²) in [5.74, 6) is 0.241. The van der Waals surface area contributed by atoms with Crippen molar-refractivity contribution in [3.63, 3.8) is 0 Å². The van der Waals surface area contributed by atoms with Gasteiger partial charge in [0.1, 0.15) is 12.0 Å². The monoisotopic (exact) mass is 308 g/mol. The Morgan fingerprint density at radius 1 is 1.17 bits per heavy atom. The molecule has 92 valence electrons. The summed E-state index contributed by atoms with van der Waals surface area (Å²) in [6.07, 6.45) is 0.761. The summed E-state index contributed by atoms with van der Waals surface area (Å²) in [6, 6.07) is 9.57. The van der Waals surface area contributed by atoms with Crippen molar-refractivity contribution < 1.29 is 13.9 Å². The Labute approximate surface area is 113 Å². The minimum absolute atomic E-state index is 0.153. The molecule has 18 heavy (non-hydrogen) atoms. The number of rotatable bonds is 3. The first-order valence-electron chi connectivity index (χ1n) is 5.29. The standard InChI is InChI=1S/C14H10BrFO2/c1-9-6-10(8-17)2-4-13(9)18-14-5-3-11(15)7-12(14)16/h2-8H,1H3. The Morgan fingerprint density at radius 3 is 2.50 bits per heavy atom. The maximum absolute atomic E-state index is 13.6. The van der Waals surface area contributed by atoms with Gasteiger partial charge in [-0.25, -0.2) is 4.39 Å².